The third-order valence-electron chi connectivity index (χ3n) is 5.78. The predicted molar refractivity (Wildman–Crippen MR) is 84.6 cm³/mol. The summed E-state index contributed by atoms with van der Waals surface area (Å²) in [5.41, 5.74) is 1.78. The van der Waals surface area contributed by atoms with Crippen LogP contribution in [0.3, 0.4) is 0 Å². The minimum atomic E-state index is 0.422. The van der Waals surface area contributed by atoms with Crippen LogP contribution >= 0.6 is 0 Å². The van der Waals surface area contributed by atoms with E-state index in [4.69, 9.17) is 14.2 Å². The second kappa shape index (κ2) is 5.74. The van der Waals surface area contributed by atoms with Gasteiger partial charge in [-0.3, -0.25) is 0 Å². The number of hydrogen-bond acceptors (Lipinski definition) is 4. The fourth-order valence-corrected chi connectivity index (χ4v) is 4.20. The lowest BCUT2D eigenvalue weighted by atomic mass is 9.60. The Labute approximate surface area is 132 Å². The molecule has 1 N–H and O–H groups in total. The van der Waals surface area contributed by atoms with Crippen LogP contribution in [-0.4, -0.2) is 39.0 Å². The van der Waals surface area contributed by atoms with Crippen LogP contribution in [-0.2, 0) is 11.2 Å². The summed E-state index contributed by atoms with van der Waals surface area (Å²) in [7, 11) is 1.69. The van der Waals surface area contributed by atoms with Gasteiger partial charge in [0.1, 0.15) is 18.1 Å². The average Bonchev–Trinajstić information content (AvgIpc) is 2.59. The monoisotopic (exact) mass is 303 g/mol. The van der Waals surface area contributed by atoms with E-state index in [1.54, 1.807) is 7.11 Å². The van der Waals surface area contributed by atoms with Gasteiger partial charge in [0.05, 0.1) is 7.11 Å². The van der Waals surface area contributed by atoms with Crippen molar-refractivity contribution in [2.75, 3.05) is 26.9 Å². The van der Waals surface area contributed by atoms with Gasteiger partial charge in [0.2, 0.25) is 0 Å². The van der Waals surface area contributed by atoms with Crippen molar-refractivity contribution in [2.24, 2.45) is 5.41 Å². The van der Waals surface area contributed by atoms with Crippen LogP contribution in [0.4, 0.5) is 0 Å². The summed E-state index contributed by atoms with van der Waals surface area (Å²) in [5.74, 6) is 1.84. The fraction of sp³-hybridized carbons (Fsp3) is 0.667. The van der Waals surface area contributed by atoms with Gasteiger partial charge in [-0.2, -0.15) is 0 Å². The summed E-state index contributed by atoms with van der Waals surface area (Å²) in [4.78, 5) is 0. The van der Waals surface area contributed by atoms with Crippen molar-refractivity contribution in [3.8, 4) is 11.5 Å². The van der Waals surface area contributed by atoms with Gasteiger partial charge < -0.3 is 19.5 Å². The highest BCUT2D eigenvalue weighted by Crippen LogP contribution is 2.49. The van der Waals surface area contributed by atoms with Gasteiger partial charge in [-0.1, -0.05) is 6.07 Å². The molecule has 4 nitrogen and oxygen atoms in total. The van der Waals surface area contributed by atoms with Crippen molar-refractivity contribution in [1.29, 1.82) is 0 Å². The fourth-order valence-electron chi connectivity index (χ4n) is 4.20. The lowest BCUT2D eigenvalue weighted by Crippen LogP contribution is -2.59. The normalized spacial score (nSPS) is 29.3. The summed E-state index contributed by atoms with van der Waals surface area (Å²) in [6.45, 7) is 2.62. The molecule has 1 aromatic carbocycles. The molecular weight excluding hydrogens is 278 g/mol. The molecule has 22 heavy (non-hydrogen) atoms. The summed E-state index contributed by atoms with van der Waals surface area (Å²) in [6.07, 6.45) is 6.13. The van der Waals surface area contributed by atoms with Crippen LogP contribution in [0, 0.1) is 5.41 Å². The number of rotatable bonds is 3. The molecule has 4 heteroatoms. The van der Waals surface area contributed by atoms with Crippen molar-refractivity contribution < 1.29 is 14.2 Å². The quantitative estimate of drug-likeness (QED) is 0.931. The molecule has 2 heterocycles. The van der Waals surface area contributed by atoms with E-state index >= 15 is 0 Å². The molecular formula is C18H25NO3. The molecule has 1 aliphatic carbocycles. The number of ether oxygens (including phenoxy) is 3. The first-order chi connectivity index (χ1) is 10.8. The predicted octanol–water partition coefficient (Wildman–Crippen LogP) is 2.55. The van der Waals surface area contributed by atoms with Crippen LogP contribution in [0.5, 0.6) is 11.5 Å². The number of fused-ring (bicyclic) bond motifs is 1. The molecule has 0 bridgehead atoms. The van der Waals surface area contributed by atoms with Crippen molar-refractivity contribution in [2.45, 2.75) is 44.2 Å². The molecule has 0 amide bonds. The molecule has 1 saturated carbocycles. The van der Waals surface area contributed by atoms with Gasteiger partial charge in [-0.15, -0.1) is 0 Å². The minimum Gasteiger partial charge on any atom is -0.497 e. The van der Waals surface area contributed by atoms with E-state index in [9.17, 15) is 0 Å². The van der Waals surface area contributed by atoms with E-state index in [-0.39, 0.29) is 0 Å². The number of methoxy groups -OCH3 is 1. The highest BCUT2D eigenvalue weighted by Gasteiger charge is 2.47. The number of hydrogen-bond donors (Lipinski definition) is 1. The first-order valence-corrected chi connectivity index (χ1v) is 8.43. The average molecular weight is 303 g/mol. The summed E-state index contributed by atoms with van der Waals surface area (Å²) >= 11 is 0. The van der Waals surface area contributed by atoms with Gasteiger partial charge in [-0.05, 0) is 49.1 Å². The van der Waals surface area contributed by atoms with Gasteiger partial charge >= 0.3 is 0 Å². The maximum absolute atomic E-state index is 5.96. The Bertz CT molecular complexity index is 539. The number of nitrogens with one attached hydrogen (secondary N) is 1. The molecule has 0 aromatic heterocycles. The Morgan fingerprint density at radius 1 is 1.23 bits per heavy atom. The molecule has 2 fully saturated rings. The third kappa shape index (κ3) is 2.48. The third-order valence-corrected chi connectivity index (χ3v) is 5.78. The van der Waals surface area contributed by atoms with E-state index in [0.717, 1.165) is 37.7 Å². The highest BCUT2D eigenvalue weighted by atomic mass is 16.5. The lowest BCUT2D eigenvalue weighted by molar-refractivity contribution is -0.0593. The molecule has 2 atom stereocenters. The Morgan fingerprint density at radius 3 is 2.82 bits per heavy atom. The topological polar surface area (TPSA) is 39.7 Å². The lowest BCUT2D eigenvalue weighted by Gasteiger charge is -2.53. The zero-order valence-electron chi connectivity index (χ0n) is 13.3. The molecule has 0 radical (unpaired) electrons. The summed E-state index contributed by atoms with van der Waals surface area (Å²) < 4.78 is 16.8. The SMILES string of the molecule is COc1ccc2c(c1)OCC(NC1CCC13CCOCC3)C2. The van der Waals surface area contributed by atoms with Crippen LogP contribution in [0.15, 0.2) is 18.2 Å². The molecule has 2 aliphatic heterocycles. The summed E-state index contributed by atoms with van der Waals surface area (Å²) in [5, 5.41) is 3.87. The maximum atomic E-state index is 5.96. The second-order valence-electron chi connectivity index (χ2n) is 6.92. The largest absolute Gasteiger partial charge is 0.497 e. The van der Waals surface area contributed by atoms with E-state index in [2.05, 4.69) is 11.4 Å². The van der Waals surface area contributed by atoms with E-state index in [1.807, 2.05) is 12.1 Å². The Balaban J connectivity index is 1.40. The Morgan fingerprint density at radius 2 is 2.09 bits per heavy atom. The van der Waals surface area contributed by atoms with Crippen LogP contribution in [0.25, 0.3) is 0 Å². The molecule has 1 saturated heterocycles. The van der Waals surface area contributed by atoms with E-state index < -0.39 is 0 Å². The highest BCUT2D eigenvalue weighted by molar-refractivity contribution is 5.42. The Hall–Kier alpha value is -1.26. The van der Waals surface area contributed by atoms with Gasteiger partial charge in [0.15, 0.2) is 0 Å². The van der Waals surface area contributed by atoms with E-state index in [1.165, 1.54) is 31.2 Å². The van der Waals surface area contributed by atoms with Crippen molar-refractivity contribution >= 4 is 0 Å². The van der Waals surface area contributed by atoms with E-state index in [0.29, 0.717) is 17.5 Å². The van der Waals surface area contributed by atoms with Crippen molar-refractivity contribution in [1.82, 2.24) is 5.32 Å². The van der Waals surface area contributed by atoms with Crippen molar-refractivity contribution in [3.63, 3.8) is 0 Å². The molecule has 1 aromatic rings. The van der Waals surface area contributed by atoms with Gasteiger partial charge in [-0.25, -0.2) is 0 Å². The van der Waals surface area contributed by atoms with Crippen LogP contribution in [0.2, 0.25) is 0 Å². The second-order valence-corrected chi connectivity index (χ2v) is 6.92. The first-order valence-electron chi connectivity index (χ1n) is 8.43. The van der Waals surface area contributed by atoms with Crippen LogP contribution in [0.1, 0.15) is 31.2 Å². The molecule has 2 unspecified atom stereocenters. The Kier molecular flexibility index (Phi) is 3.74. The standard InChI is InChI=1S/C18H25NO3/c1-20-15-3-2-13-10-14(12-22-16(13)11-15)19-17-4-5-18(17)6-8-21-9-7-18/h2-3,11,14,17,19H,4-10,12H2,1H3. The van der Waals surface area contributed by atoms with Gasteiger partial charge in [0.25, 0.3) is 0 Å². The zero-order valence-corrected chi connectivity index (χ0v) is 13.3. The number of benzene rings is 1. The maximum Gasteiger partial charge on any atom is 0.126 e. The molecule has 3 aliphatic rings. The molecule has 4 rings (SSSR count). The van der Waals surface area contributed by atoms with Crippen molar-refractivity contribution in [3.05, 3.63) is 23.8 Å². The molecule has 1 spiro atoms. The smallest absolute Gasteiger partial charge is 0.126 e. The summed E-state index contributed by atoms with van der Waals surface area (Å²) in [6, 6.07) is 7.21. The van der Waals surface area contributed by atoms with Crippen LogP contribution < -0.4 is 14.8 Å². The first kappa shape index (κ1) is 14.3. The van der Waals surface area contributed by atoms with Gasteiger partial charge in [0, 0.05) is 31.4 Å². The minimum absolute atomic E-state index is 0.422. The molecule has 120 valence electrons. The zero-order chi connectivity index (χ0) is 15.0.